The van der Waals surface area contributed by atoms with Gasteiger partial charge in [0, 0.05) is 17.3 Å². The summed E-state index contributed by atoms with van der Waals surface area (Å²) in [6.07, 6.45) is 0. The van der Waals surface area contributed by atoms with E-state index in [9.17, 15) is 24.8 Å². The van der Waals surface area contributed by atoms with Crippen LogP contribution in [0.15, 0.2) is 28.9 Å². The number of halogens is 2. The number of hydrogen-bond donors (Lipinski definition) is 0. The molecule has 0 aliphatic carbocycles. The van der Waals surface area contributed by atoms with E-state index < -0.39 is 29.1 Å². The summed E-state index contributed by atoms with van der Waals surface area (Å²) in [5, 5.41) is 22.1. The van der Waals surface area contributed by atoms with Crippen molar-refractivity contribution in [3.63, 3.8) is 0 Å². The average Bonchev–Trinajstić information content (AvgIpc) is 2.94. The van der Waals surface area contributed by atoms with Crippen molar-refractivity contribution in [1.82, 2.24) is 4.90 Å². The van der Waals surface area contributed by atoms with Gasteiger partial charge in [-0.05, 0) is 18.2 Å². The summed E-state index contributed by atoms with van der Waals surface area (Å²) in [6, 6.07) is 4.42. The number of thioether (sulfide) groups is 1. The maximum absolute atomic E-state index is 12.2. The first-order valence-corrected chi connectivity index (χ1v) is 8.16. The van der Waals surface area contributed by atoms with Crippen LogP contribution in [-0.2, 0) is 9.59 Å². The van der Waals surface area contributed by atoms with Crippen LogP contribution >= 0.6 is 35.0 Å². The van der Waals surface area contributed by atoms with Crippen molar-refractivity contribution < 1.29 is 24.4 Å². The highest BCUT2D eigenvalue weighted by atomic mass is 35.5. The molecule has 11 heteroatoms. The quantitative estimate of drug-likeness (QED) is 0.420. The minimum atomic E-state index is -1.95. The van der Waals surface area contributed by atoms with Gasteiger partial charge < -0.3 is 14.6 Å². The lowest BCUT2D eigenvalue weighted by Crippen LogP contribution is -2.36. The molecule has 1 aromatic rings. The Kier molecular flexibility index (Phi) is 5.92. The molecule has 1 saturated heterocycles. The Bertz CT molecular complexity index is 723. The van der Waals surface area contributed by atoms with Crippen LogP contribution in [0.4, 0.5) is 0 Å². The molecule has 1 amide bonds. The summed E-state index contributed by atoms with van der Waals surface area (Å²) in [4.78, 5) is 33.9. The van der Waals surface area contributed by atoms with E-state index in [2.05, 4.69) is 0 Å². The molecule has 128 valence electrons. The number of benzene rings is 1. The molecule has 0 bridgehead atoms. The van der Waals surface area contributed by atoms with Crippen LogP contribution < -0.4 is 9.84 Å². The third kappa shape index (κ3) is 4.11. The molecule has 0 N–H and O–H groups in total. The highest BCUT2D eigenvalue weighted by molar-refractivity contribution is 8.03. The van der Waals surface area contributed by atoms with E-state index >= 15 is 0 Å². The zero-order chi connectivity index (χ0) is 17.9. The van der Waals surface area contributed by atoms with Crippen LogP contribution in [0.3, 0.4) is 0 Å². The molecule has 1 fully saturated rings. The minimum absolute atomic E-state index is 0.126. The Morgan fingerprint density at radius 1 is 1.38 bits per heavy atom. The molecule has 2 rings (SSSR count). The summed E-state index contributed by atoms with van der Waals surface area (Å²) in [5.41, 5.74) is -1.14. The molecular formula is C13H9Cl2N2O6S-. The zero-order valence-corrected chi connectivity index (χ0v) is 14.2. The molecule has 24 heavy (non-hydrogen) atoms. The predicted octanol–water partition coefficient (Wildman–Crippen LogP) is 1.14. The van der Waals surface area contributed by atoms with Gasteiger partial charge in [0.25, 0.3) is 5.91 Å². The van der Waals surface area contributed by atoms with Crippen molar-refractivity contribution in [1.29, 1.82) is 0 Å². The van der Waals surface area contributed by atoms with Crippen molar-refractivity contribution in [2.24, 2.45) is 0 Å². The fraction of sp³-hybridized carbons (Fsp3) is 0.231. The molecule has 0 spiro atoms. The SMILES string of the molecule is O=C([O-])/C(=C1/SCCN1C(=O)COc1ccc(Cl)cc1Cl)[N+](=O)[O-]. The second kappa shape index (κ2) is 7.73. The summed E-state index contributed by atoms with van der Waals surface area (Å²) in [7, 11) is 0. The van der Waals surface area contributed by atoms with Crippen molar-refractivity contribution in [3.05, 3.63) is 49.1 Å². The topological polar surface area (TPSA) is 113 Å². The fourth-order valence-electron chi connectivity index (χ4n) is 1.90. The van der Waals surface area contributed by atoms with E-state index in [1.165, 1.54) is 18.2 Å². The van der Waals surface area contributed by atoms with E-state index in [4.69, 9.17) is 27.9 Å². The van der Waals surface area contributed by atoms with Gasteiger partial charge in [0.1, 0.15) is 11.7 Å². The standard InChI is InChI=1S/C13H10Cl2N2O6S/c14-7-1-2-9(8(15)5-7)23-6-10(18)16-3-4-24-12(16)11(13(19)20)17(21)22/h1-2,5H,3-4,6H2,(H,19,20)/p-1/b12-11-. The molecular weight excluding hydrogens is 383 g/mol. The van der Waals surface area contributed by atoms with Crippen molar-refractivity contribution >= 4 is 46.8 Å². The first-order valence-electron chi connectivity index (χ1n) is 6.42. The smallest absolute Gasteiger partial charge is 0.322 e. The van der Waals surface area contributed by atoms with Gasteiger partial charge in [-0.3, -0.25) is 19.8 Å². The van der Waals surface area contributed by atoms with Crippen LogP contribution in [0.2, 0.25) is 10.0 Å². The second-order valence-electron chi connectivity index (χ2n) is 4.46. The number of aliphatic carboxylic acids is 1. The first kappa shape index (κ1) is 18.4. The lowest BCUT2D eigenvalue weighted by Gasteiger charge is -2.17. The molecule has 0 aromatic heterocycles. The average molecular weight is 392 g/mol. The number of nitro groups is 1. The molecule has 0 atom stereocenters. The Balaban J connectivity index is 2.15. The van der Waals surface area contributed by atoms with Gasteiger partial charge in [-0.2, -0.15) is 0 Å². The maximum atomic E-state index is 12.2. The Hall–Kier alpha value is -1.97. The van der Waals surface area contributed by atoms with Gasteiger partial charge in [-0.1, -0.05) is 35.0 Å². The predicted molar refractivity (Wildman–Crippen MR) is 85.2 cm³/mol. The highest BCUT2D eigenvalue weighted by Crippen LogP contribution is 2.32. The van der Waals surface area contributed by atoms with Crippen molar-refractivity contribution in [3.8, 4) is 5.75 Å². The number of nitrogens with zero attached hydrogens (tertiary/aromatic N) is 2. The van der Waals surface area contributed by atoms with E-state index in [0.717, 1.165) is 16.7 Å². The van der Waals surface area contributed by atoms with Crippen LogP contribution in [0.1, 0.15) is 0 Å². The van der Waals surface area contributed by atoms with Gasteiger partial charge in [0.05, 0.1) is 9.95 Å². The molecule has 0 radical (unpaired) electrons. The van der Waals surface area contributed by atoms with Crippen LogP contribution in [0.5, 0.6) is 5.75 Å². The van der Waals surface area contributed by atoms with Crippen LogP contribution in [0.25, 0.3) is 0 Å². The van der Waals surface area contributed by atoms with Gasteiger partial charge in [0.15, 0.2) is 11.6 Å². The number of ether oxygens (including phenoxy) is 1. The molecule has 0 saturated carbocycles. The van der Waals surface area contributed by atoms with Gasteiger partial charge >= 0.3 is 5.70 Å². The van der Waals surface area contributed by atoms with Gasteiger partial charge in [-0.25, -0.2) is 0 Å². The molecule has 1 aliphatic heterocycles. The maximum Gasteiger partial charge on any atom is 0.322 e. The fourth-order valence-corrected chi connectivity index (χ4v) is 3.47. The van der Waals surface area contributed by atoms with Gasteiger partial charge in [0.2, 0.25) is 0 Å². The number of hydrogen-bond acceptors (Lipinski definition) is 7. The summed E-state index contributed by atoms with van der Waals surface area (Å²) in [5.74, 6) is -2.06. The molecule has 1 aliphatic rings. The van der Waals surface area contributed by atoms with Crippen molar-refractivity contribution in [2.45, 2.75) is 0 Å². The van der Waals surface area contributed by atoms with Crippen LogP contribution in [0, 0.1) is 10.1 Å². The van der Waals surface area contributed by atoms with E-state index in [1.54, 1.807) is 0 Å². The zero-order valence-electron chi connectivity index (χ0n) is 11.9. The lowest BCUT2D eigenvalue weighted by molar-refractivity contribution is -0.437. The number of carboxylic acids is 1. The first-order chi connectivity index (χ1) is 11.3. The Morgan fingerprint density at radius 2 is 2.08 bits per heavy atom. The van der Waals surface area contributed by atoms with Crippen molar-refractivity contribution in [2.75, 3.05) is 18.9 Å². The number of rotatable bonds is 5. The summed E-state index contributed by atoms with van der Waals surface area (Å²) < 4.78 is 5.27. The Morgan fingerprint density at radius 3 is 2.67 bits per heavy atom. The summed E-state index contributed by atoms with van der Waals surface area (Å²) >= 11 is 12.6. The second-order valence-corrected chi connectivity index (χ2v) is 6.38. The number of carbonyl (C=O) groups excluding carboxylic acids is 2. The normalized spacial score (nSPS) is 16.0. The van der Waals surface area contributed by atoms with E-state index in [1.807, 2.05) is 0 Å². The third-order valence-electron chi connectivity index (χ3n) is 2.92. The number of carbonyl (C=O) groups is 2. The monoisotopic (exact) mass is 391 g/mol. The van der Waals surface area contributed by atoms with E-state index in [-0.39, 0.29) is 22.3 Å². The lowest BCUT2D eigenvalue weighted by atomic mass is 10.3. The largest absolute Gasteiger partial charge is 0.539 e. The molecule has 1 aromatic carbocycles. The highest BCUT2D eigenvalue weighted by Gasteiger charge is 2.33. The van der Waals surface area contributed by atoms with Gasteiger partial charge in [-0.15, -0.1) is 0 Å². The number of amides is 1. The summed E-state index contributed by atoms with van der Waals surface area (Å²) in [6.45, 7) is -0.343. The third-order valence-corrected chi connectivity index (χ3v) is 4.53. The Labute approximate surface area is 150 Å². The number of carboxylic acid groups (broad SMARTS) is 1. The van der Waals surface area contributed by atoms with E-state index in [0.29, 0.717) is 10.8 Å². The molecule has 8 nitrogen and oxygen atoms in total. The molecule has 0 unspecified atom stereocenters. The minimum Gasteiger partial charge on any atom is -0.539 e. The van der Waals surface area contributed by atoms with Crippen LogP contribution in [-0.4, -0.2) is 40.6 Å². The molecule has 1 heterocycles.